The molecule has 1 aromatic rings. The van der Waals surface area contributed by atoms with Gasteiger partial charge in [-0.3, -0.25) is 4.79 Å². The molecule has 0 heterocycles. The molecule has 1 rings (SSSR count). The molecule has 160 valence electrons. The zero-order valence-corrected chi connectivity index (χ0v) is 18.3. The first-order valence-electron chi connectivity index (χ1n) is 11.0. The smallest absolute Gasteiger partial charge is 0.251 e. The molecule has 0 aromatic heterocycles. The van der Waals surface area contributed by atoms with Crippen molar-refractivity contribution in [3.63, 3.8) is 0 Å². The highest BCUT2D eigenvalue weighted by Crippen LogP contribution is 2.39. The summed E-state index contributed by atoms with van der Waals surface area (Å²) in [6, 6.07) is 3.57. The third-order valence-corrected chi connectivity index (χ3v) is 4.35. The van der Waals surface area contributed by atoms with Gasteiger partial charge in [-0.25, -0.2) is 0 Å². The van der Waals surface area contributed by atoms with Crippen molar-refractivity contribution in [2.75, 3.05) is 26.4 Å². The molecule has 0 bridgehead atoms. The van der Waals surface area contributed by atoms with Crippen LogP contribution in [0.4, 0.5) is 0 Å². The van der Waals surface area contributed by atoms with Gasteiger partial charge in [-0.05, 0) is 37.8 Å². The van der Waals surface area contributed by atoms with Gasteiger partial charge in [0, 0.05) is 12.1 Å². The van der Waals surface area contributed by atoms with Gasteiger partial charge in [0.05, 0.1) is 19.8 Å². The van der Waals surface area contributed by atoms with Crippen molar-refractivity contribution in [2.45, 2.75) is 79.1 Å². The summed E-state index contributed by atoms with van der Waals surface area (Å²) in [6.07, 6.45) is 8.01. The first-order valence-corrected chi connectivity index (χ1v) is 11.0. The second kappa shape index (κ2) is 15.1. The molecule has 0 saturated heterocycles. The number of carbonyl (C=O) groups is 1. The predicted octanol–water partition coefficient (Wildman–Crippen LogP) is 5.75. The lowest BCUT2D eigenvalue weighted by atomic mass is 10.1. The fraction of sp³-hybridized carbons (Fsp3) is 0.696. The van der Waals surface area contributed by atoms with Crippen molar-refractivity contribution in [2.24, 2.45) is 0 Å². The first-order chi connectivity index (χ1) is 13.7. The minimum atomic E-state index is -0.103. The van der Waals surface area contributed by atoms with Crippen molar-refractivity contribution < 1.29 is 19.0 Å². The highest BCUT2D eigenvalue weighted by Gasteiger charge is 2.19. The maximum absolute atomic E-state index is 12.6. The highest BCUT2D eigenvalue weighted by atomic mass is 16.5. The SMILES string of the molecule is CCCCNC(=O)c1cc(OCCCC)c(OCCCC)c(OCCCC)c1. The Balaban J connectivity index is 3.12. The molecule has 1 amide bonds. The minimum Gasteiger partial charge on any atom is -0.490 e. The second-order valence-electron chi connectivity index (χ2n) is 7.02. The van der Waals surface area contributed by atoms with Crippen molar-refractivity contribution >= 4 is 5.91 Å². The second-order valence-corrected chi connectivity index (χ2v) is 7.02. The summed E-state index contributed by atoms with van der Waals surface area (Å²) < 4.78 is 18.0. The summed E-state index contributed by atoms with van der Waals surface area (Å²) in [4.78, 5) is 12.6. The molecule has 1 aromatic carbocycles. The molecule has 0 unspecified atom stereocenters. The normalized spacial score (nSPS) is 10.6. The minimum absolute atomic E-state index is 0.103. The van der Waals surface area contributed by atoms with Crippen LogP contribution in [-0.2, 0) is 0 Å². The maximum Gasteiger partial charge on any atom is 0.251 e. The number of rotatable bonds is 16. The Morgan fingerprint density at radius 1 is 0.750 bits per heavy atom. The van der Waals surface area contributed by atoms with Gasteiger partial charge in [-0.1, -0.05) is 53.4 Å². The molecule has 0 fully saturated rings. The number of hydrogen-bond acceptors (Lipinski definition) is 4. The molecule has 1 N–H and O–H groups in total. The molecule has 5 heteroatoms. The van der Waals surface area contributed by atoms with Crippen LogP contribution in [0.2, 0.25) is 0 Å². The van der Waals surface area contributed by atoms with Gasteiger partial charge in [0.2, 0.25) is 5.75 Å². The highest BCUT2D eigenvalue weighted by molar-refractivity contribution is 5.95. The van der Waals surface area contributed by atoms with Crippen molar-refractivity contribution in [1.29, 1.82) is 0 Å². The van der Waals surface area contributed by atoms with Gasteiger partial charge >= 0.3 is 0 Å². The topological polar surface area (TPSA) is 56.8 Å². The zero-order valence-electron chi connectivity index (χ0n) is 18.3. The zero-order chi connectivity index (χ0) is 20.6. The van der Waals surface area contributed by atoms with Crippen LogP contribution in [0.3, 0.4) is 0 Å². The Morgan fingerprint density at radius 3 is 1.68 bits per heavy atom. The molecule has 0 spiro atoms. The lowest BCUT2D eigenvalue weighted by Crippen LogP contribution is -2.24. The van der Waals surface area contributed by atoms with Crippen LogP contribution in [0, 0.1) is 0 Å². The molecule has 0 saturated carbocycles. The summed E-state index contributed by atoms with van der Waals surface area (Å²) >= 11 is 0. The van der Waals surface area contributed by atoms with E-state index in [0.717, 1.165) is 51.4 Å². The summed E-state index contributed by atoms with van der Waals surface area (Å²) in [5.41, 5.74) is 0.553. The van der Waals surface area contributed by atoms with Crippen LogP contribution in [-0.4, -0.2) is 32.3 Å². The number of amides is 1. The summed E-state index contributed by atoms with van der Waals surface area (Å²) in [7, 11) is 0. The Labute approximate surface area is 171 Å². The van der Waals surface area contributed by atoms with E-state index >= 15 is 0 Å². The van der Waals surface area contributed by atoms with Crippen LogP contribution in [0.5, 0.6) is 17.2 Å². The van der Waals surface area contributed by atoms with E-state index < -0.39 is 0 Å². The van der Waals surface area contributed by atoms with E-state index in [4.69, 9.17) is 14.2 Å². The van der Waals surface area contributed by atoms with E-state index in [-0.39, 0.29) is 5.91 Å². The number of unbranched alkanes of at least 4 members (excludes halogenated alkanes) is 4. The van der Waals surface area contributed by atoms with E-state index in [1.54, 1.807) is 12.1 Å². The lowest BCUT2D eigenvalue weighted by Gasteiger charge is -2.18. The maximum atomic E-state index is 12.6. The van der Waals surface area contributed by atoms with Gasteiger partial charge in [0.25, 0.3) is 5.91 Å². The van der Waals surface area contributed by atoms with Crippen LogP contribution < -0.4 is 19.5 Å². The van der Waals surface area contributed by atoms with E-state index in [2.05, 4.69) is 33.0 Å². The number of carbonyl (C=O) groups excluding carboxylic acids is 1. The lowest BCUT2D eigenvalue weighted by molar-refractivity contribution is 0.0952. The molecule has 0 aliphatic rings. The van der Waals surface area contributed by atoms with Crippen molar-refractivity contribution in [1.82, 2.24) is 5.32 Å². The summed E-state index contributed by atoms with van der Waals surface area (Å²) in [5, 5.41) is 2.97. The molecular weight excluding hydrogens is 354 g/mol. The molecule has 28 heavy (non-hydrogen) atoms. The Bertz CT molecular complexity index is 529. The molecule has 5 nitrogen and oxygen atoms in total. The summed E-state index contributed by atoms with van der Waals surface area (Å²) in [5.74, 6) is 1.71. The molecule has 0 radical (unpaired) electrons. The number of benzene rings is 1. The number of hydrogen-bond donors (Lipinski definition) is 1. The average Bonchev–Trinajstić information content (AvgIpc) is 2.70. The number of nitrogens with one attached hydrogen (secondary N) is 1. The largest absolute Gasteiger partial charge is 0.490 e. The third kappa shape index (κ3) is 8.85. The van der Waals surface area contributed by atoms with Gasteiger partial charge in [-0.15, -0.1) is 0 Å². The Morgan fingerprint density at radius 2 is 1.21 bits per heavy atom. The van der Waals surface area contributed by atoms with Crippen molar-refractivity contribution in [3.05, 3.63) is 17.7 Å². The van der Waals surface area contributed by atoms with Crippen molar-refractivity contribution in [3.8, 4) is 17.2 Å². The van der Waals surface area contributed by atoms with Crippen LogP contribution in [0.25, 0.3) is 0 Å². The van der Waals surface area contributed by atoms with Crippen LogP contribution >= 0.6 is 0 Å². The Kier molecular flexibility index (Phi) is 13.0. The first kappa shape index (κ1) is 24.1. The van der Waals surface area contributed by atoms with Gasteiger partial charge in [-0.2, -0.15) is 0 Å². The molecular formula is C23H39NO4. The Hall–Kier alpha value is -1.91. The van der Waals surface area contributed by atoms with Gasteiger partial charge < -0.3 is 19.5 Å². The predicted molar refractivity (Wildman–Crippen MR) is 115 cm³/mol. The van der Waals surface area contributed by atoms with Gasteiger partial charge in [0.15, 0.2) is 11.5 Å². The fourth-order valence-corrected chi connectivity index (χ4v) is 2.52. The fourth-order valence-electron chi connectivity index (χ4n) is 2.52. The average molecular weight is 394 g/mol. The van der Waals surface area contributed by atoms with E-state index in [1.807, 2.05) is 0 Å². The molecule has 0 atom stereocenters. The quantitative estimate of drug-likeness (QED) is 0.363. The third-order valence-electron chi connectivity index (χ3n) is 4.35. The molecule has 0 aliphatic carbocycles. The van der Waals surface area contributed by atoms with Crippen LogP contribution in [0.1, 0.15) is 89.4 Å². The number of ether oxygens (including phenoxy) is 3. The standard InChI is InChI=1S/C23H39NO4/c1-5-9-13-24-23(25)19-17-20(26-14-10-6-2)22(28-16-12-8-4)21(18-19)27-15-11-7-3/h17-18H,5-16H2,1-4H3,(H,24,25). The van der Waals surface area contributed by atoms with Gasteiger partial charge in [0.1, 0.15) is 0 Å². The van der Waals surface area contributed by atoms with Crippen LogP contribution in [0.15, 0.2) is 12.1 Å². The summed E-state index contributed by atoms with van der Waals surface area (Å²) in [6.45, 7) is 10.9. The monoisotopic (exact) mass is 393 g/mol. The van der Waals surface area contributed by atoms with E-state index in [9.17, 15) is 4.79 Å². The van der Waals surface area contributed by atoms with E-state index in [1.165, 1.54) is 0 Å². The van der Waals surface area contributed by atoms with E-state index in [0.29, 0.717) is 49.2 Å². The molecule has 0 aliphatic heterocycles.